The SMILES string of the molecule is CC1([Si])C2=C3Cc4ccccc4C3=C3C=CCCC3C2(C)C(C)(C)C(C)(C)C1(C)C. The predicted molar refractivity (Wildman–Crippen MR) is 130 cm³/mol. The van der Waals surface area contributed by atoms with Crippen LogP contribution in [0.3, 0.4) is 0 Å². The van der Waals surface area contributed by atoms with Gasteiger partial charge in [-0.15, -0.1) is 0 Å². The Balaban J connectivity index is 1.95. The number of rotatable bonds is 0. The first-order chi connectivity index (χ1) is 13.8. The number of allylic oxidation sites excluding steroid dienone is 6. The van der Waals surface area contributed by atoms with Crippen LogP contribution in [-0.4, -0.2) is 10.2 Å². The van der Waals surface area contributed by atoms with E-state index in [1.807, 2.05) is 0 Å². The lowest BCUT2D eigenvalue weighted by Crippen LogP contribution is -2.66. The molecule has 3 atom stereocenters. The van der Waals surface area contributed by atoms with Crippen molar-refractivity contribution in [1.29, 1.82) is 0 Å². The van der Waals surface area contributed by atoms with Gasteiger partial charge in [-0.25, -0.2) is 0 Å². The maximum Gasteiger partial charge on any atom is 0.0378 e. The van der Waals surface area contributed by atoms with Gasteiger partial charge in [0.25, 0.3) is 0 Å². The molecule has 0 amide bonds. The molecule has 0 heterocycles. The molecule has 3 unspecified atom stereocenters. The van der Waals surface area contributed by atoms with Gasteiger partial charge in [0.15, 0.2) is 0 Å². The van der Waals surface area contributed by atoms with Gasteiger partial charge in [-0.1, -0.05) is 97.4 Å². The topological polar surface area (TPSA) is 0 Å². The van der Waals surface area contributed by atoms with E-state index in [9.17, 15) is 0 Å². The maximum absolute atomic E-state index is 4.49. The Morgan fingerprint density at radius 3 is 2.23 bits per heavy atom. The Morgan fingerprint density at radius 1 is 0.867 bits per heavy atom. The standard InChI is InChI=1S/C29H37Si/c1-25(2)26(3,4)28(7)22-16-12-11-15-20(22)23-19-14-10-9-13-18(19)17-21(23)24(28)29(8,30)27(25,5)6/h9-11,13-15,22H,12,16-17H2,1-8H3. The lowest BCUT2D eigenvalue weighted by atomic mass is 9.32. The minimum atomic E-state index is -0.0594. The van der Waals surface area contributed by atoms with E-state index in [-0.39, 0.29) is 26.7 Å². The van der Waals surface area contributed by atoms with Crippen molar-refractivity contribution in [3.05, 3.63) is 64.3 Å². The first kappa shape index (κ1) is 20.6. The molecule has 0 N–H and O–H groups in total. The summed E-state index contributed by atoms with van der Waals surface area (Å²) in [6.45, 7) is 20.3. The number of fused-ring (bicyclic) bond motifs is 6. The molecule has 0 aliphatic heterocycles. The summed E-state index contributed by atoms with van der Waals surface area (Å²) in [7, 11) is 4.49. The third kappa shape index (κ3) is 1.96. The van der Waals surface area contributed by atoms with Crippen LogP contribution in [0.25, 0.3) is 5.57 Å². The summed E-state index contributed by atoms with van der Waals surface area (Å²) in [6, 6.07) is 9.15. The fraction of sp³-hybridized carbons (Fsp3) is 0.586. The molecular formula is C29H37Si. The van der Waals surface area contributed by atoms with Crippen molar-refractivity contribution in [2.75, 3.05) is 0 Å². The monoisotopic (exact) mass is 413 g/mol. The zero-order valence-electron chi connectivity index (χ0n) is 20.2. The summed E-state index contributed by atoms with van der Waals surface area (Å²) in [6.07, 6.45) is 8.44. The van der Waals surface area contributed by atoms with Crippen molar-refractivity contribution in [2.45, 2.75) is 79.7 Å². The van der Waals surface area contributed by atoms with Crippen LogP contribution in [0.15, 0.2) is 53.1 Å². The van der Waals surface area contributed by atoms with Crippen molar-refractivity contribution in [3.8, 4) is 0 Å². The van der Waals surface area contributed by atoms with Crippen molar-refractivity contribution in [3.63, 3.8) is 0 Å². The van der Waals surface area contributed by atoms with E-state index in [1.54, 1.807) is 22.3 Å². The highest BCUT2D eigenvalue weighted by molar-refractivity contribution is 6.19. The molecule has 30 heavy (non-hydrogen) atoms. The van der Waals surface area contributed by atoms with Gasteiger partial charge in [-0.2, -0.15) is 0 Å². The lowest BCUT2D eigenvalue weighted by Gasteiger charge is -2.74. The largest absolute Gasteiger partial charge is 0.0842 e. The summed E-state index contributed by atoms with van der Waals surface area (Å²) in [4.78, 5) is 0. The van der Waals surface area contributed by atoms with Gasteiger partial charge >= 0.3 is 0 Å². The highest BCUT2D eigenvalue weighted by Crippen LogP contribution is 2.80. The zero-order chi connectivity index (χ0) is 21.9. The Bertz CT molecular complexity index is 1040. The van der Waals surface area contributed by atoms with E-state index in [4.69, 9.17) is 0 Å². The molecule has 1 heteroatoms. The molecule has 0 nitrogen and oxygen atoms in total. The number of benzene rings is 1. The van der Waals surface area contributed by atoms with Gasteiger partial charge in [-0.05, 0) is 74.3 Å². The smallest absolute Gasteiger partial charge is 0.0378 e. The highest BCUT2D eigenvalue weighted by Gasteiger charge is 2.71. The summed E-state index contributed by atoms with van der Waals surface area (Å²) in [5, 5.41) is -0.0594. The Hall–Kier alpha value is -1.34. The summed E-state index contributed by atoms with van der Waals surface area (Å²) in [5.41, 5.74) is 10.00. The average molecular weight is 414 g/mol. The van der Waals surface area contributed by atoms with Gasteiger partial charge in [0.2, 0.25) is 0 Å². The average Bonchev–Trinajstić information content (AvgIpc) is 3.05. The second kappa shape index (κ2) is 5.71. The molecule has 3 radical (unpaired) electrons. The van der Waals surface area contributed by atoms with Crippen LogP contribution in [0, 0.1) is 27.6 Å². The van der Waals surface area contributed by atoms with Gasteiger partial charge < -0.3 is 0 Å². The van der Waals surface area contributed by atoms with Crippen molar-refractivity contribution < 1.29 is 0 Å². The molecule has 1 saturated carbocycles. The molecule has 0 spiro atoms. The lowest BCUT2D eigenvalue weighted by molar-refractivity contribution is -0.154. The fourth-order valence-electron chi connectivity index (χ4n) is 7.93. The minimum absolute atomic E-state index is 0.0594. The molecule has 0 saturated heterocycles. The highest BCUT2D eigenvalue weighted by atomic mass is 28.1. The van der Waals surface area contributed by atoms with E-state index in [0.29, 0.717) is 5.92 Å². The first-order valence-electron chi connectivity index (χ1n) is 11.8. The summed E-state index contributed by atoms with van der Waals surface area (Å²) >= 11 is 0. The first-order valence-corrected chi connectivity index (χ1v) is 12.3. The third-order valence-electron chi connectivity index (χ3n) is 11.2. The third-order valence-corrected chi connectivity index (χ3v) is 12.1. The van der Waals surface area contributed by atoms with E-state index < -0.39 is 0 Å². The summed E-state index contributed by atoms with van der Waals surface area (Å²) in [5.74, 6) is 0.573. The molecule has 1 aromatic carbocycles. The molecular weight excluding hydrogens is 376 g/mol. The van der Waals surface area contributed by atoms with E-state index >= 15 is 0 Å². The number of hydrogen-bond donors (Lipinski definition) is 0. The minimum Gasteiger partial charge on any atom is -0.0842 e. The quantitative estimate of drug-likeness (QED) is 0.382. The van der Waals surface area contributed by atoms with Crippen molar-refractivity contribution in [2.24, 2.45) is 27.6 Å². The molecule has 1 aromatic rings. The van der Waals surface area contributed by atoms with Crippen LogP contribution in [0.2, 0.25) is 5.04 Å². The van der Waals surface area contributed by atoms with Crippen molar-refractivity contribution in [1.82, 2.24) is 0 Å². The molecule has 4 aliphatic carbocycles. The normalized spacial score (nSPS) is 37.4. The van der Waals surface area contributed by atoms with Gasteiger partial charge in [0.1, 0.15) is 0 Å². The molecule has 157 valence electrons. The molecule has 1 fully saturated rings. The van der Waals surface area contributed by atoms with E-state index in [1.165, 1.54) is 24.0 Å². The van der Waals surface area contributed by atoms with Crippen LogP contribution < -0.4 is 0 Å². The fourth-order valence-corrected chi connectivity index (χ4v) is 8.65. The van der Waals surface area contributed by atoms with Gasteiger partial charge in [0.05, 0.1) is 0 Å². The zero-order valence-corrected chi connectivity index (χ0v) is 21.2. The van der Waals surface area contributed by atoms with Crippen molar-refractivity contribution >= 4 is 15.8 Å². The van der Waals surface area contributed by atoms with Gasteiger partial charge in [-0.3, -0.25) is 0 Å². The molecule has 4 aliphatic rings. The second-order valence-corrected chi connectivity index (χ2v) is 13.3. The Labute approximate surface area is 187 Å². The van der Waals surface area contributed by atoms with Crippen LogP contribution in [-0.2, 0) is 6.42 Å². The summed E-state index contributed by atoms with van der Waals surface area (Å²) < 4.78 is 0. The molecule has 0 aromatic heterocycles. The Morgan fingerprint density at radius 2 is 1.53 bits per heavy atom. The van der Waals surface area contributed by atoms with Crippen LogP contribution in [0.1, 0.15) is 79.4 Å². The van der Waals surface area contributed by atoms with Gasteiger partial charge in [0, 0.05) is 15.7 Å². The van der Waals surface area contributed by atoms with E-state index in [0.717, 1.165) is 6.42 Å². The molecule has 0 bridgehead atoms. The van der Waals surface area contributed by atoms with Crippen LogP contribution in [0.5, 0.6) is 0 Å². The predicted octanol–water partition coefficient (Wildman–Crippen LogP) is 7.72. The van der Waals surface area contributed by atoms with Crippen LogP contribution in [0.4, 0.5) is 0 Å². The second-order valence-electron chi connectivity index (χ2n) is 12.3. The van der Waals surface area contributed by atoms with E-state index in [2.05, 4.69) is 102 Å². The van der Waals surface area contributed by atoms with Crippen LogP contribution >= 0.6 is 0 Å². The maximum atomic E-state index is 4.49. The molecule has 5 rings (SSSR count). The number of hydrogen-bond acceptors (Lipinski definition) is 0. The Kier molecular flexibility index (Phi) is 3.91.